The summed E-state index contributed by atoms with van der Waals surface area (Å²) in [4.78, 5) is 11.9. The smallest absolute Gasteiger partial charge is 0.248 e. The molecule has 0 fully saturated rings. The first-order chi connectivity index (χ1) is 9.78. The highest BCUT2D eigenvalue weighted by Crippen LogP contribution is 2.22. The highest BCUT2D eigenvalue weighted by atomic mass is 32.2. The second-order valence-electron chi connectivity index (χ2n) is 4.64. The number of aryl methyl sites for hydroxylation is 1. The predicted molar refractivity (Wildman–Crippen MR) is 84.6 cm³/mol. The van der Waals surface area contributed by atoms with Crippen molar-refractivity contribution in [1.82, 2.24) is 4.31 Å². The van der Waals surface area contributed by atoms with Gasteiger partial charge in [-0.1, -0.05) is 24.3 Å². The van der Waals surface area contributed by atoms with Gasteiger partial charge in [-0.2, -0.15) is 0 Å². The normalized spacial score (nSPS) is 12.4. The average Bonchev–Trinajstić information content (AvgIpc) is 2.41. The van der Waals surface area contributed by atoms with Crippen LogP contribution < -0.4 is 5.32 Å². The summed E-state index contributed by atoms with van der Waals surface area (Å²) in [6.45, 7) is 3.56. The molecule has 0 aromatic heterocycles. The van der Waals surface area contributed by atoms with E-state index in [1.54, 1.807) is 37.3 Å². The quantitative estimate of drug-likeness (QED) is 0.670. The van der Waals surface area contributed by atoms with Gasteiger partial charge in [0.15, 0.2) is 0 Å². The highest BCUT2D eigenvalue weighted by molar-refractivity contribution is 7.89. The molecular formula is C15H20N2O3S. The zero-order chi connectivity index (χ0) is 16.0. The van der Waals surface area contributed by atoms with Crippen LogP contribution in [-0.2, 0) is 14.8 Å². The van der Waals surface area contributed by atoms with E-state index in [2.05, 4.69) is 5.32 Å². The second-order valence-corrected chi connectivity index (χ2v) is 6.76. The van der Waals surface area contributed by atoms with Gasteiger partial charge >= 0.3 is 0 Å². The summed E-state index contributed by atoms with van der Waals surface area (Å²) in [6, 6.07) is 4.80. The van der Waals surface area contributed by atoms with E-state index >= 15 is 0 Å². The van der Waals surface area contributed by atoms with Crippen LogP contribution in [0.5, 0.6) is 0 Å². The van der Waals surface area contributed by atoms with Gasteiger partial charge < -0.3 is 5.32 Å². The third-order valence-electron chi connectivity index (χ3n) is 2.77. The van der Waals surface area contributed by atoms with E-state index in [0.29, 0.717) is 11.3 Å². The average molecular weight is 308 g/mol. The minimum Gasteiger partial charge on any atom is -0.322 e. The van der Waals surface area contributed by atoms with Crippen molar-refractivity contribution in [2.75, 3.05) is 19.4 Å². The lowest BCUT2D eigenvalue weighted by molar-refractivity contribution is -0.111. The van der Waals surface area contributed by atoms with Crippen molar-refractivity contribution in [2.45, 2.75) is 18.7 Å². The molecule has 21 heavy (non-hydrogen) atoms. The molecule has 0 saturated carbocycles. The number of rotatable bonds is 5. The summed E-state index contributed by atoms with van der Waals surface area (Å²) in [5, 5.41) is 2.64. The van der Waals surface area contributed by atoms with Gasteiger partial charge in [-0.05, 0) is 31.5 Å². The van der Waals surface area contributed by atoms with Crippen LogP contribution in [0.1, 0.15) is 12.5 Å². The Hall–Kier alpha value is -1.92. The number of amides is 1. The summed E-state index contributed by atoms with van der Waals surface area (Å²) >= 11 is 0. The summed E-state index contributed by atoms with van der Waals surface area (Å²) in [5.41, 5.74) is 1.07. The molecule has 0 radical (unpaired) electrons. The Morgan fingerprint density at radius 3 is 2.48 bits per heavy atom. The van der Waals surface area contributed by atoms with Gasteiger partial charge in [-0.15, -0.1) is 0 Å². The molecule has 114 valence electrons. The molecule has 1 N–H and O–H groups in total. The van der Waals surface area contributed by atoms with Gasteiger partial charge in [0.05, 0.1) is 4.90 Å². The molecule has 5 nitrogen and oxygen atoms in total. The molecule has 0 unspecified atom stereocenters. The van der Waals surface area contributed by atoms with Crippen LogP contribution in [0, 0.1) is 6.92 Å². The third kappa shape index (κ3) is 4.54. The van der Waals surface area contributed by atoms with Crippen LogP contribution in [0.2, 0.25) is 0 Å². The third-order valence-corrected chi connectivity index (χ3v) is 4.72. The number of anilines is 1. The van der Waals surface area contributed by atoms with Crippen molar-refractivity contribution in [3.63, 3.8) is 0 Å². The maximum absolute atomic E-state index is 12.2. The summed E-state index contributed by atoms with van der Waals surface area (Å²) < 4.78 is 25.5. The van der Waals surface area contributed by atoms with Crippen molar-refractivity contribution in [3.8, 4) is 0 Å². The van der Waals surface area contributed by atoms with Crippen LogP contribution >= 0.6 is 0 Å². The Kier molecular flexibility index (Phi) is 5.87. The number of nitrogens with one attached hydrogen (secondary N) is 1. The molecule has 1 aromatic carbocycles. The molecular weight excluding hydrogens is 288 g/mol. The molecule has 0 spiro atoms. The van der Waals surface area contributed by atoms with Crippen LogP contribution in [0.4, 0.5) is 5.69 Å². The fourth-order valence-corrected chi connectivity index (χ4v) is 2.73. The summed E-state index contributed by atoms with van der Waals surface area (Å²) in [6.07, 6.45) is 6.52. The maximum atomic E-state index is 12.2. The van der Waals surface area contributed by atoms with E-state index in [0.717, 1.165) is 4.31 Å². The molecule has 0 saturated heterocycles. The minimum absolute atomic E-state index is 0.183. The van der Waals surface area contributed by atoms with Crippen molar-refractivity contribution in [2.24, 2.45) is 0 Å². The van der Waals surface area contributed by atoms with Crippen LogP contribution in [-0.4, -0.2) is 32.7 Å². The van der Waals surface area contributed by atoms with Gasteiger partial charge in [0.25, 0.3) is 0 Å². The number of sulfonamides is 1. The molecule has 0 atom stereocenters. The van der Waals surface area contributed by atoms with E-state index in [9.17, 15) is 13.2 Å². The van der Waals surface area contributed by atoms with Crippen molar-refractivity contribution in [3.05, 3.63) is 48.1 Å². The molecule has 1 rings (SSSR count). The van der Waals surface area contributed by atoms with E-state index in [-0.39, 0.29) is 10.8 Å². The molecule has 0 bridgehead atoms. The van der Waals surface area contributed by atoms with E-state index < -0.39 is 10.0 Å². The van der Waals surface area contributed by atoms with Crippen LogP contribution in [0.25, 0.3) is 0 Å². The lowest BCUT2D eigenvalue weighted by Crippen LogP contribution is -2.23. The molecule has 0 aliphatic heterocycles. The van der Waals surface area contributed by atoms with Gasteiger partial charge in [0.1, 0.15) is 0 Å². The number of carbonyl (C=O) groups excluding carboxylic acids is 1. The number of hydrogen-bond donors (Lipinski definition) is 1. The molecule has 0 aliphatic rings. The first-order valence-corrected chi connectivity index (χ1v) is 7.86. The number of nitrogens with zero attached hydrogens (tertiary/aromatic N) is 1. The monoisotopic (exact) mass is 308 g/mol. The van der Waals surface area contributed by atoms with Gasteiger partial charge in [0, 0.05) is 25.9 Å². The fourth-order valence-electron chi connectivity index (χ4n) is 1.59. The van der Waals surface area contributed by atoms with E-state index in [1.807, 2.05) is 6.92 Å². The zero-order valence-corrected chi connectivity index (χ0v) is 13.4. The first kappa shape index (κ1) is 17.1. The SMILES string of the molecule is C/C=C/C=C/C(=O)Nc1ccc(C)c(S(=O)(=O)N(C)C)c1. The van der Waals surface area contributed by atoms with Crippen LogP contribution in [0.3, 0.4) is 0 Å². The number of allylic oxidation sites excluding steroid dienone is 3. The van der Waals surface area contributed by atoms with Crippen LogP contribution in [0.15, 0.2) is 47.4 Å². The Morgan fingerprint density at radius 1 is 1.24 bits per heavy atom. The van der Waals surface area contributed by atoms with Crippen molar-refractivity contribution < 1.29 is 13.2 Å². The lowest BCUT2D eigenvalue weighted by atomic mass is 10.2. The Bertz CT molecular complexity index is 674. The molecule has 0 heterocycles. The predicted octanol–water partition coefficient (Wildman–Crippen LogP) is 2.32. The molecule has 1 amide bonds. The molecule has 6 heteroatoms. The maximum Gasteiger partial charge on any atom is 0.248 e. The number of benzene rings is 1. The first-order valence-electron chi connectivity index (χ1n) is 6.42. The summed E-state index contributed by atoms with van der Waals surface area (Å²) in [7, 11) is -0.590. The van der Waals surface area contributed by atoms with Gasteiger partial charge in [-0.25, -0.2) is 12.7 Å². The van der Waals surface area contributed by atoms with E-state index in [1.165, 1.54) is 26.2 Å². The minimum atomic E-state index is -3.53. The van der Waals surface area contributed by atoms with Crippen molar-refractivity contribution >= 4 is 21.6 Å². The lowest BCUT2D eigenvalue weighted by Gasteiger charge is -2.14. The number of carbonyl (C=O) groups is 1. The van der Waals surface area contributed by atoms with E-state index in [4.69, 9.17) is 0 Å². The second kappa shape index (κ2) is 7.19. The Balaban J connectivity index is 3.06. The largest absolute Gasteiger partial charge is 0.322 e. The van der Waals surface area contributed by atoms with Crippen molar-refractivity contribution in [1.29, 1.82) is 0 Å². The number of hydrogen-bond acceptors (Lipinski definition) is 3. The van der Waals surface area contributed by atoms with Gasteiger partial charge in [-0.3, -0.25) is 4.79 Å². The fraction of sp³-hybridized carbons (Fsp3) is 0.267. The standard InChI is InChI=1S/C15H20N2O3S/c1-5-6-7-8-15(18)16-13-10-9-12(2)14(11-13)21(19,20)17(3)4/h5-11H,1-4H3,(H,16,18)/b6-5+,8-7+. The Labute approximate surface area is 126 Å². The summed E-state index contributed by atoms with van der Waals surface area (Å²) in [5.74, 6) is -0.315. The molecule has 0 aliphatic carbocycles. The highest BCUT2D eigenvalue weighted by Gasteiger charge is 2.20. The Morgan fingerprint density at radius 2 is 1.90 bits per heavy atom. The van der Waals surface area contributed by atoms with Gasteiger partial charge in [0.2, 0.25) is 15.9 Å². The zero-order valence-electron chi connectivity index (χ0n) is 12.6. The molecule has 1 aromatic rings. The topological polar surface area (TPSA) is 66.5 Å².